The number of nitrogens with one attached hydrogen (secondary N) is 3. The van der Waals surface area contributed by atoms with Crippen LogP contribution >= 0.6 is 11.3 Å². The molecule has 1 saturated heterocycles. The molecule has 3 heterocycles. The van der Waals surface area contributed by atoms with Crippen molar-refractivity contribution in [2.45, 2.75) is 19.0 Å². The third-order valence-corrected chi connectivity index (χ3v) is 5.24. The number of carbonyl (C=O) groups is 1. The number of amides is 1. The van der Waals surface area contributed by atoms with Crippen molar-refractivity contribution >= 4 is 27.5 Å². The van der Waals surface area contributed by atoms with Gasteiger partial charge in [-0.25, -0.2) is 15.1 Å². The molecule has 3 N–H and O–H groups in total. The van der Waals surface area contributed by atoms with Gasteiger partial charge in [-0.15, -0.1) is 16.4 Å². The van der Waals surface area contributed by atoms with Crippen LogP contribution in [0, 0.1) is 5.92 Å². The second-order valence-corrected chi connectivity index (χ2v) is 6.95. The lowest BCUT2D eigenvalue weighted by Crippen LogP contribution is -2.38. The summed E-state index contributed by atoms with van der Waals surface area (Å²) in [6.07, 6.45) is 2.93. The van der Waals surface area contributed by atoms with Gasteiger partial charge in [-0.3, -0.25) is 10.2 Å². The number of aryl methyl sites for hydroxylation is 1. The van der Waals surface area contributed by atoms with Crippen molar-refractivity contribution in [1.82, 2.24) is 41.4 Å². The van der Waals surface area contributed by atoms with E-state index in [2.05, 4.69) is 42.7 Å². The fourth-order valence-electron chi connectivity index (χ4n) is 2.88. The first-order valence-electron chi connectivity index (χ1n) is 8.14. The lowest BCUT2D eigenvalue weighted by atomic mass is 10.1. The summed E-state index contributed by atoms with van der Waals surface area (Å²) in [6.45, 7) is 1.15. The molecule has 4 rings (SSSR count). The van der Waals surface area contributed by atoms with Gasteiger partial charge in [0.1, 0.15) is 12.5 Å². The number of nitrogens with zero attached hydrogens (tertiary/aromatic N) is 5. The Kier molecular flexibility index (Phi) is 4.63. The maximum atomic E-state index is 12.4. The molecule has 9 nitrogen and oxygen atoms in total. The Hall–Kier alpha value is -2.43. The number of hydrazine groups is 1. The van der Waals surface area contributed by atoms with Crippen molar-refractivity contribution in [3.05, 3.63) is 35.6 Å². The van der Waals surface area contributed by atoms with Crippen LogP contribution in [0.25, 0.3) is 10.2 Å². The molecular weight excluding hydrogens is 340 g/mol. The molecule has 1 fully saturated rings. The fraction of sp³-hybridized carbons (Fsp3) is 0.400. The molecule has 0 aliphatic carbocycles. The molecule has 130 valence electrons. The largest absolute Gasteiger partial charge is 0.356 e. The number of benzene rings is 1. The Morgan fingerprint density at radius 2 is 2.32 bits per heavy atom. The van der Waals surface area contributed by atoms with Gasteiger partial charge in [-0.2, -0.15) is 0 Å². The first kappa shape index (κ1) is 16.1. The maximum Gasteiger partial charge on any atom is 0.228 e. The second-order valence-electron chi connectivity index (χ2n) is 5.84. The van der Waals surface area contributed by atoms with Gasteiger partial charge in [-0.05, 0) is 29.0 Å². The molecule has 0 spiro atoms. The van der Waals surface area contributed by atoms with Crippen molar-refractivity contribution in [3.63, 3.8) is 0 Å². The van der Waals surface area contributed by atoms with E-state index in [1.165, 1.54) is 11.0 Å². The Labute approximate surface area is 147 Å². The molecule has 0 bridgehead atoms. The third kappa shape index (κ3) is 3.50. The summed E-state index contributed by atoms with van der Waals surface area (Å²) in [7, 11) is 0. The van der Waals surface area contributed by atoms with E-state index in [0.717, 1.165) is 23.4 Å². The average Bonchev–Trinajstić information content (AvgIpc) is 3.37. The summed E-state index contributed by atoms with van der Waals surface area (Å²) >= 11 is 1.71. The number of rotatable bonds is 6. The minimum absolute atomic E-state index is 0.0118. The van der Waals surface area contributed by atoms with Crippen LogP contribution in [0.4, 0.5) is 0 Å². The number of fused-ring (bicyclic) bond motifs is 1. The Balaban J connectivity index is 1.27. The van der Waals surface area contributed by atoms with Gasteiger partial charge in [0.05, 0.1) is 21.1 Å². The van der Waals surface area contributed by atoms with Crippen molar-refractivity contribution in [3.8, 4) is 0 Å². The number of tetrazole rings is 1. The average molecular weight is 358 g/mol. The number of hydrogen-bond donors (Lipinski definition) is 3. The molecule has 2 aromatic heterocycles. The lowest BCUT2D eigenvalue weighted by molar-refractivity contribution is -0.125. The predicted molar refractivity (Wildman–Crippen MR) is 92.4 cm³/mol. The van der Waals surface area contributed by atoms with E-state index < -0.39 is 0 Å². The molecule has 1 aliphatic rings. The number of carbonyl (C=O) groups excluding carboxylic acids is 1. The molecule has 0 saturated carbocycles. The van der Waals surface area contributed by atoms with E-state index in [-0.39, 0.29) is 18.0 Å². The first-order chi connectivity index (χ1) is 12.3. The summed E-state index contributed by atoms with van der Waals surface area (Å²) in [6, 6.07) is 8.12. The van der Waals surface area contributed by atoms with Gasteiger partial charge in [0, 0.05) is 19.5 Å². The predicted octanol–water partition coefficient (Wildman–Crippen LogP) is 0.254. The van der Waals surface area contributed by atoms with E-state index >= 15 is 0 Å². The number of thiazole rings is 1. The number of aromatic nitrogens is 5. The van der Waals surface area contributed by atoms with Gasteiger partial charge in [0.2, 0.25) is 5.91 Å². The van der Waals surface area contributed by atoms with Crippen LogP contribution in [0.5, 0.6) is 0 Å². The highest BCUT2D eigenvalue weighted by atomic mass is 32.1. The fourth-order valence-corrected chi connectivity index (χ4v) is 3.89. The van der Waals surface area contributed by atoms with Crippen molar-refractivity contribution in [1.29, 1.82) is 0 Å². The highest BCUT2D eigenvalue weighted by Crippen LogP contribution is 2.22. The zero-order valence-corrected chi connectivity index (χ0v) is 14.2. The molecular formula is C15H18N8OS. The smallest absolute Gasteiger partial charge is 0.228 e. The van der Waals surface area contributed by atoms with Crippen LogP contribution in [-0.4, -0.2) is 44.2 Å². The number of hydrogen-bond acceptors (Lipinski definition) is 8. The van der Waals surface area contributed by atoms with Gasteiger partial charge < -0.3 is 5.32 Å². The van der Waals surface area contributed by atoms with Crippen LogP contribution in [-0.2, 0) is 11.2 Å². The summed E-state index contributed by atoms with van der Waals surface area (Å²) in [5.74, 6) is -0.270. The molecule has 1 aromatic carbocycles. The van der Waals surface area contributed by atoms with E-state index in [1.54, 1.807) is 16.0 Å². The minimum Gasteiger partial charge on any atom is -0.356 e. The monoisotopic (exact) mass is 358 g/mol. The van der Waals surface area contributed by atoms with Crippen LogP contribution in [0.3, 0.4) is 0 Å². The van der Waals surface area contributed by atoms with Gasteiger partial charge >= 0.3 is 0 Å². The molecule has 10 heteroatoms. The Morgan fingerprint density at radius 1 is 1.40 bits per heavy atom. The Bertz CT molecular complexity index is 815. The topological polar surface area (TPSA) is 110 Å². The normalized spacial score (nSPS) is 20.2. The standard InChI is InChI=1S/C15H18N8OS/c24-15(10-8-17-20-14(10)23-9-18-21-22-23)16-7-3-6-13-19-11-4-1-2-5-12(11)25-13/h1-2,4-5,9-10,14,17,20H,3,6-8H2,(H,16,24). The maximum absolute atomic E-state index is 12.4. The van der Waals surface area contributed by atoms with Crippen LogP contribution in [0.15, 0.2) is 30.6 Å². The second kappa shape index (κ2) is 7.21. The van der Waals surface area contributed by atoms with E-state index in [9.17, 15) is 4.79 Å². The Morgan fingerprint density at radius 3 is 3.16 bits per heavy atom. The first-order valence-corrected chi connectivity index (χ1v) is 8.96. The zero-order chi connectivity index (χ0) is 17.1. The van der Waals surface area contributed by atoms with Crippen molar-refractivity contribution in [2.24, 2.45) is 5.92 Å². The molecule has 2 atom stereocenters. The van der Waals surface area contributed by atoms with Crippen LogP contribution < -0.4 is 16.2 Å². The van der Waals surface area contributed by atoms with Gasteiger partial charge in [0.25, 0.3) is 0 Å². The zero-order valence-electron chi connectivity index (χ0n) is 13.4. The highest BCUT2D eigenvalue weighted by molar-refractivity contribution is 7.18. The third-order valence-electron chi connectivity index (χ3n) is 4.14. The minimum atomic E-state index is -0.278. The van der Waals surface area contributed by atoms with E-state index in [1.807, 2.05) is 18.2 Å². The summed E-state index contributed by atoms with van der Waals surface area (Å²) in [4.78, 5) is 17.0. The van der Waals surface area contributed by atoms with Crippen LogP contribution in [0.2, 0.25) is 0 Å². The van der Waals surface area contributed by atoms with E-state index in [4.69, 9.17) is 0 Å². The van der Waals surface area contributed by atoms with Gasteiger partial charge in [-0.1, -0.05) is 12.1 Å². The number of para-hydroxylation sites is 1. The quantitative estimate of drug-likeness (QED) is 0.542. The van der Waals surface area contributed by atoms with Crippen LogP contribution in [0.1, 0.15) is 17.6 Å². The molecule has 25 heavy (non-hydrogen) atoms. The molecule has 1 amide bonds. The molecule has 3 aromatic rings. The summed E-state index contributed by atoms with van der Waals surface area (Å²) in [5.41, 5.74) is 7.05. The summed E-state index contributed by atoms with van der Waals surface area (Å²) < 4.78 is 2.75. The molecule has 1 aliphatic heterocycles. The van der Waals surface area contributed by atoms with E-state index in [0.29, 0.717) is 13.1 Å². The molecule has 2 unspecified atom stereocenters. The van der Waals surface area contributed by atoms with Crippen molar-refractivity contribution in [2.75, 3.05) is 13.1 Å². The van der Waals surface area contributed by atoms with Crippen molar-refractivity contribution < 1.29 is 4.79 Å². The van der Waals surface area contributed by atoms with Gasteiger partial charge in [0.15, 0.2) is 0 Å². The lowest BCUT2D eigenvalue weighted by Gasteiger charge is -2.17. The summed E-state index contributed by atoms with van der Waals surface area (Å²) in [5, 5.41) is 15.2. The highest BCUT2D eigenvalue weighted by Gasteiger charge is 2.34. The SMILES string of the molecule is O=C(NCCCc1nc2ccccc2s1)C1CNNC1n1cnnn1. The molecule has 0 radical (unpaired) electrons.